The Kier molecular flexibility index (Phi) is 8.85. The molecule has 0 unspecified atom stereocenters. The number of benzene rings is 1. The van der Waals surface area contributed by atoms with Gasteiger partial charge in [-0.1, -0.05) is 33.1 Å². The number of esters is 1. The van der Waals surface area contributed by atoms with Gasteiger partial charge in [-0.15, -0.1) is 0 Å². The van der Waals surface area contributed by atoms with Crippen molar-refractivity contribution in [2.45, 2.75) is 73.3 Å². The average Bonchev–Trinajstić information content (AvgIpc) is 2.72. The number of carbonyl (C=O) groups is 2. The Labute approximate surface area is 183 Å². The normalized spacial score (nSPS) is 11.5. The van der Waals surface area contributed by atoms with Crippen molar-refractivity contribution in [1.29, 1.82) is 0 Å². The Morgan fingerprint density at radius 3 is 2.39 bits per heavy atom. The van der Waals surface area contributed by atoms with E-state index in [2.05, 4.69) is 12.2 Å². The lowest BCUT2D eigenvalue weighted by atomic mass is 10.1. The van der Waals surface area contributed by atoms with Crippen molar-refractivity contribution in [3.05, 3.63) is 40.4 Å². The maximum atomic E-state index is 13.4. The molecule has 0 fully saturated rings. The van der Waals surface area contributed by atoms with Crippen LogP contribution in [0.15, 0.2) is 34.8 Å². The summed E-state index contributed by atoms with van der Waals surface area (Å²) in [6.07, 6.45) is 6.37. The molecule has 0 atom stereocenters. The van der Waals surface area contributed by atoms with E-state index in [-0.39, 0.29) is 17.4 Å². The van der Waals surface area contributed by atoms with Crippen LogP contribution in [0.2, 0.25) is 0 Å². The number of allylic oxidation sites excluding steroid dienone is 2. The van der Waals surface area contributed by atoms with Gasteiger partial charge in [0.25, 0.3) is 5.56 Å². The third-order valence-corrected chi connectivity index (χ3v) is 4.88. The molecule has 0 saturated carbocycles. The highest BCUT2D eigenvalue weighted by molar-refractivity contribution is 5.95. The van der Waals surface area contributed by atoms with Crippen molar-refractivity contribution < 1.29 is 19.1 Å². The quantitative estimate of drug-likeness (QED) is 0.321. The smallest absolute Gasteiger partial charge is 0.308 e. The first kappa shape index (κ1) is 24.2. The van der Waals surface area contributed by atoms with Gasteiger partial charge < -0.3 is 19.4 Å². The molecule has 0 aliphatic rings. The fourth-order valence-electron chi connectivity index (χ4n) is 3.40. The number of unbranched alkanes of at least 4 members (excludes halogenated alkanes) is 3. The summed E-state index contributed by atoms with van der Waals surface area (Å²) in [5, 5.41) is 3.39. The number of anilines is 1. The highest BCUT2D eigenvalue weighted by Crippen LogP contribution is 2.36. The molecule has 2 rings (SSSR count). The summed E-state index contributed by atoms with van der Waals surface area (Å²) in [7, 11) is 0. The van der Waals surface area contributed by atoms with Crippen molar-refractivity contribution in [1.82, 2.24) is 4.57 Å². The second kappa shape index (κ2) is 11.3. The maximum Gasteiger partial charge on any atom is 0.308 e. The van der Waals surface area contributed by atoms with Gasteiger partial charge in [0.2, 0.25) is 11.7 Å². The van der Waals surface area contributed by atoms with Crippen molar-refractivity contribution in [3.8, 4) is 11.5 Å². The molecule has 2 aromatic rings. The maximum absolute atomic E-state index is 13.4. The number of nitrogens with one attached hydrogen (secondary N) is 1. The first-order valence-electron chi connectivity index (χ1n) is 10.8. The molecule has 0 spiro atoms. The highest BCUT2D eigenvalue weighted by atomic mass is 16.6. The summed E-state index contributed by atoms with van der Waals surface area (Å²) < 4.78 is 13.0. The number of carbonyl (C=O) groups excluding carboxylic acids is 2. The molecule has 7 heteroatoms. The molecule has 1 amide bonds. The number of hydrogen-bond donors (Lipinski definition) is 1. The molecule has 1 aromatic heterocycles. The van der Waals surface area contributed by atoms with E-state index in [0.717, 1.165) is 25.7 Å². The summed E-state index contributed by atoms with van der Waals surface area (Å²) in [5.41, 5.74) is 0.764. The van der Waals surface area contributed by atoms with Gasteiger partial charge in [-0.25, -0.2) is 0 Å². The van der Waals surface area contributed by atoms with E-state index in [0.29, 0.717) is 35.3 Å². The van der Waals surface area contributed by atoms with Crippen LogP contribution >= 0.6 is 0 Å². The van der Waals surface area contributed by atoms with Gasteiger partial charge in [-0.2, -0.15) is 0 Å². The van der Waals surface area contributed by atoms with Gasteiger partial charge in [0.05, 0.1) is 11.3 Å². The van der Waals surface area contributed by atoms with Gasteiger partial charge in [0.1, 0.15) is 0 Å². The minimum Gasteiger partial charge on any atom is -0.457 e. The molecule has 7 nitrogen and oxygen atoms in total. The van der Waals surface area contributed by atoms with Gasteiger partial charge in [-0.3, -0.25) is 14.4 Å². The van der Waals surface area contributed by atoms with E-state index in [1.165, 1.54) is 13.8 Å². The predicted octanol–water partition coefficient (Wildman–Crippen LogP) is 5.16. The molecular formula is C24H32N2O5. The first-order chi connectivity index (χ1) is 14.8. The van der Waals surface area contributed by atoms with Crippen LogP contribution in [-0.4, -0.2) is 16.4 Å². The predicted molar refractivity (Wildman–Crippen MR) is 123 cm³/mol. The van der Waals surface area contributed by atoms with Crippen molar-refractivity contribution >= 4 is 28.5 Å². The summed E-state index contributed by atoms with van der Waals surface area (Å²) in [6.45, 7) is 9.06. The second-order valence-electron chi connectivity index (χ2n) is 7.39. The molecule has 1 N–H and O–H groups in total. The lowest BCUT2D eigenvalue weighted by Gasteiger charge is -2.19. The molecule has 1 heterocycles. The lowest BCUT2D eigenvalue weighted by Crippen LogP contribution is -2.25. The Hall–Kier alpha value is -3.09. The number of fused-ring (bicyclic) bond motifs is 1. The molecule has 0 saturated heterocycles. The zero-order valence-electron chi connectivity index (χ0n) is 19.0. The average molecular weight is 429 g/mol. The molecule has 0 aliphatic heterocycles. The Balaban J connectivity index is 2.77. The Morgan fingerprint density at radius 2 is 1.81 bits per heavy atom. The van der Waals surface area contributed by atoms with Gasteiger partial charge >= 0.3 is 5.97 Å². The molecule has 0 bridgehead atoms. The van der Waals surface area contributed by atoms with E-state index < -0.39 is 11.5 Å². The van der Waals surface area contributed by atoms with Crippen LogP contribution in [0.4, 0.5) is 5.69 Å². The van der Waals surface area contributed by atoms with Crippen LogP contribution < -0.4 is 20.3 Å². The van der Waals surface area contributed by atoms with Gasteiger partial charge in [0.15, 0.2) is 5.75 Å². The van der Waals surface area contributed by atoms with Crippen LogP contribution in [0, 0.1) is 0 Å². The number of nitrogens with zero attached hydrogens (tertiary/aromatic N) is 1. The van der Waals surface area contributed by atoms with Crippen LogP contribution in [0.1, 0.15) is 66.7 Å². The molecule has 1 aromatic carbocycles. The van der Waals surface area contributed by atoms with Crippen molar-refractivity contribution in [3.63, 3.8) is 0 Å². The number of ether oxygens (including phenoxy) is 2. The highest BCUT2D eigenvalue weighted by Gasteiger charge is 2.22. The van der Waals surface area contributed by atoms with Crippen LogP contribution in [-0.2, 0) is 16.1 Å². The summed E-state index contributed by atoms with van der Waals surface area (Å²) >= 11 is 0. The SMILES string of the molecule is CC=C(CC)Oc1c(OC(C)=O)c(=O)n(CCCCCC)c2cc(NC(C)=O)ccc12. The zero-order chi connectivity index (χ0) is 23.0. The molecular weight excluding hydrogens is 396 g/mol. The molecule has 168 valence electrons. The summed E-state index contributed by atoms with van der Waals surface area (Å²) in [4.78, 5) is 36.7. The summed E-state index contributed by atoms with van der Waals surface area (Å²) in [5.74, 6) is -0.0424. The molecule has 0 radical (unpaired) electrons. The van der Waals surface area contributed by atoms with Crippen molar-refractivity contribution in [2.75, 3.05) is 5.32 Å². The molecule has 0 aliphatic carbocycles. The minimum absolute atomic E-state index is 0.115. The topological polar surface area (TPSA) is 86.6 Å². The van der Waals surface area contributed by atoms with E-state index >= 15 is 0 Å². The molecule has 31 heavy (non-hydrogen) atoms. The third kappa shape index (κ3) is 6.20. The summed E-state index contributed by atoms with van der Waals surface area (Å²) in [6, 6.07) is 5.26. The number of aryl methyl sites for hydroxylation is 1. The van der Waals surface area contributed by atoms with E-state index in [1.54, 1.807) is 22.8 Å². The van der Waals surface area contributed by atoms with Crippen LogP contribution in [0.5, 0.6) is 11.5 Å². The number of rotatable bonds is 10. The van der Waals surface area contributed by atoms with Gasteiger partial charge in [0, 0.05) is 37.9 Å². The number of amides is 1. The Bertz CT molecular complexity index is 1040. The number of aromatic nitrogens is 1. The standard InChI is InChI=1S/C24H32N2O5/c1-6-9-10-11-14-26-21-15-18(25-16(4)27)12-13-20(21)22(31-19(7-2)8-3)23(24(26)29)30-17(5)28/h7,12-13,15H,6,8-11,14H2,1-5H3,(H,25,27). The fourth-order valence-corrected chi connectivity index (χ4v) is 3.40. The lowest BCUT2D eigenvalue weighted by molar-refractivity contribution is -0.132. The number of hydrogen-bond acceptors (Lipinski definition) is 5. The first-order valence-corrected chi connectivity index (χ1v) is 10.8. The zero-order valence-corrected chi connectivity index (χ0v) is 19.0. The van der Waals surface area contributed by atoms with E-state index in [9.17, 15) is 14.4 Å². The van der Waals surface area contributed by atoms with Crippen LogP contribution in [0.3, 0.4) is 0 Å². The third-order valence-electron chi connectivity index (χ3n) is 4.88. The van der Waals surface area contributed by atoms with Crippen molar-refractivity contribution in [2.24, 2.45) is 0 Å². The van der Waals surface area contributed by atoms with Crippen LogP contribution in [0.25, 0.3) is 10.9 Å². The second-order valence-corrected chi connectivity index (χ2v) is 7.39. The van der Waals surface area contributed by atoms with E-state index in [4.69, 9.17) is 9.47 Å². The Morgan fingerprint density at radius 1 is 1.06 bits per heavy atom. The fraction of sp³-hybridized carbons (Fsp3) is 0.458. The number of pyridine rings is 1. The largest absolute Gasteiger partial charge is 0.457 e. The van der Waals surface area contributed by atoms with E-state index in [1.807, 2.05) is 19.9 Å². The minimum atomic E-state index is -0.591. The monoisotopic (exact) mass is 428 g/mol. The van der Waals surface area contributed by atoms with Gasteiger partial charge in [-0.05, 0) is 37.6 Å².